The summed E-state index contributed by atoms with van der Waals surface area (Å²) in [6, 6.07) is 17.4. The number of H-pyrrole nitrogens is 1. The van der Waals surface area contributed by atoms with E-state index in [4.69, 9.17) is 0 Å². The first-order chi connectivity index (χ1) is 16.1. The fourth-order valence-corrected chi connectivity index (χ4v) is 4.37. The average Bonchev–Trinajstić information content (AvgIpc) is 3.42. The van der Waals surface area contributed by atoms with Gasteiger partial charge in [-0.25, -0.2) is 0 Å². The highest BCUT2D eigenvalue weighted by atomic mass is 16.2. The minimum Gasteiger partial charge on any atom is -0.369 e. The summed E-state index contributed by atoms with van der Waals surface area (Å²) in [5.41, 5.74) is 4.39. The number of carbonyl (C=O) groups is 2. The van der Waals surface area contributed by atoms with E-state index in [1.165, 1.54) is 0 Å². The van der Waals surface area contributed by atoms with Crippen molar-refractivity contribution in [2.75, 3.05) is 43.4 Å². The Kier molecular flexibility index (Phi) is 5.83. The van der Waals surface area contributed by atoms with Crippen molar-refractivity contribution >= 4 is 23.3 Å². The second kappa shape index (κ2) is 9.07. The molecule has 8 heteroatoms. The van der Waals surface area contributed by atoms with Gasteiger partial charge in [0.2, 0.25) is 5.91 Å². The zero-order chi connectivity index (χ0) is 22.8. The Bertz CT molecular complexity index is 1130. The normalized spacial score (nSPS) is 16.0. The van der Waals surface area contributed by atoms with Crippen LogP contribution in [0.5, 0.6) is 0 Å². The number of amides is 2. The van der Waals surface area contributed by atoms with Crippen molar-refractivity contribution in [3.05, 3.63) is 77.0 Å². The molecule has 2 aromatic carbocycles. The quantitative estimate of drug-likeness (QED) is 0.632. The van der Waals surface area contributed by atoms with E-state index in [-0.39, 0.29) is 11.8 Å². The van der Waals surface area contributed by atoms with Crippen molar-refractivity contribution in [1.82, 2.24) is 20.0 Å². The molecular weight excluding hydrogens is 416 g/mol. The molecule has 0 bridgehead atoms. The van der Waals surface area contributed by atoms with Crippen LogP contribution < -0.4 is 10.2 Å². The molecule has 5 rings (SSSR count). The monoisotopic (exact) mass is 444 g/mol. The lowest BCUT2D eigenvalue weighted by Gasteiger charge is -2.34. The smallest absolute Gasteiger partial charge is 0.256 e. The Morgan fingerprint density at radius 1 is 0.970 bits per heavy atom. The molecule has 2 N–H and O–H groups in total. The standard InChI is InChI=1S/C25H28N6O2/c1-29-11-13-30(14-12-29)20-9-7-19(8-10-20)25(33)26-24-21-16-31(17-22(21)27-28-24)23(32)15-18-5-3-2-4-6-18/h2-10H,11-17H2,1H3,(H2,26,27,28,33). The summed E-state index contributed by atoms with van der Waals surface area (Å²) in [4.78, 5) is 32.0. The number of aromatic nitrogens is 2. The lowest BCUT2D eigenvalue weighted by molar-refractivity contribution is -0.131. The van der Waals surface area contributed by atoms with Gasteiger partial charge >= 0.3 is 0 Å². The highest BCUT2D eigenvalue weighted by molar-refractivity contribution is 6.04. The number of piperazine rings is 1. The molecule has 33 heavy (non-hydrogen) atoms. The van der Waals surface area contributed by atoms with Crippen LogP contribution in [-0.2, 0) is 24.3 Å². The predicted octanol–water partition coefficient (Wildman–Crippen LogP) is 2.50. The van der Waals surface area contributed by atoms with E-state index in [2.05, 4.69) is 32.4 Å². The van der Waals surface area contributed by atoms with E-state index in [1.807, 2.05) is 54.6 Å². The van der Waals surface area contributed by atoms with E-state index in [9.17, 15) is 9.59 Å². The SMILES string of the molecule is CN1CCN(c2ccc(C(=O)Nc3[nH]nc4c3CN(C(=O)Cc3ccccc3)C4)cc2)CC1. The second-order valence-electron chi connectivity index (χ2n) is 8.73. The summed E-state index contributed by atoms with van der Waals surface area (Å²) in [5, 5.41) is 10.2. The van der Waals surface area contributed by atoms with Gasteiger partial charge in [-0.3, -0.25) is 14.7 Å². The van der Waals surface area contributed by atoms with Crippen molar-refractivity contribution in [3.8, 4) is 0 Å². The van der Waals surface area contributed by atoms with Gasteiger partial charge in [0.1, 0.15) is 5.82 Å². The Balaban J connectivity index is 1.20. The summed E-state index contributed by atoms with van der Waals surface area (Å²) in [7, 11) is 2.13. The molecule has 3 heterocycles. The number of hydrogen-bond donors (Lipinski definition) is 2. The number of benzene rings is 2. The highest BCUT2D eigenvalue weighted by Crippen LogP contribution is 2.28. The zero-order valence-corrected chi connectivity index (χ0v) is 18.8. The third-order valence-corrected chi connectivity index (χ3v) is 6.43. The topological polar surface area (TPSA) is 84.6 Å². The minimum absolute atomic E-state index is 0.0518. The van der Waals surface area contributed by atoms with E-state index in [0.717, 1.165) is 48.7 Å². The van der Waals surface area contributed by atoms with Crippen molar-refractivity contribution in [2.24, 2.45) is 0 Å². The number of nitrogens with zero attached hydrogens (tertiary/aromatic N) is 4. The number of nitrogens with one attached hydrogen (secondary N) is 2. The summed E-state index contributed by atoms with van der Waals surface area (Å²) in [6.07, 6.45) is 0.357. The Hall–Kier alpha value is -3.65. The van der Waals surface area contributed by atoms with E-state index < -0.39 is 0 Å². The molecule has 170 valence electrons. The van der Waals surface area contributed by atoms with Gasteiger partial charge in [0, 0.05) is 43.0 Å². The van der Waals surface area contributed by atoms with Crippen LogP contribution in [0.3, 0.4) is 0 Å². The van der Waals surface area contributed by atoms with Crippen LogP contribution in [0.2, 0.25) is 0 Å². The van der Waals surface area contributed by atoms with E-state index in [1.54, 1.807) is 4.90 Å². The number of aromatic amines is 1. The van der Waals surface area contributed by atoms with Gasteiger partial charge < -0.3 is 20.0 Å². The number of carbonyl (C=O) groups excluding carboxylic acids is 2. The fourth-order valence-electron chi connectivity index (χ4n) is 4.37. The zero-order valence-electron chi connectivity index (χ0n) is 18.8. The van der Waals surface area contributed by atoms with Crippen molar-refractivity contribution in [2.45, 2.75) is 19.5 Å². The minimum atomic E-state index is -0.194. The van der Waals surface area contributed by atoms with Crippen molar-refractivity contribution in [1.29, 1.82) is 0 Å². The maximum Gasteiger partial charge on any atom is 0.256 e. The van der Waals surface area contributed by atoms with Gasteiger partial charge in [-0.2, -0.15) is 5.10 Å². The summed E-state index contributed by atoms with van der Waals surface area (Å²) in [5.74, 6) is 0.421. The first-order valence-corrected chi connectivity index (χ1v) is 11.3. The molecule has 2 aliphatic rings. The maximum absolute atomic E-state index is 12.8. The molecule has 0 radical (unpaired) electrons. The molecule has 8 nitrogen and oxygen atoms in total. The van der Waals surface area contributed by atoms with Gasteiger partial charge in [0.15, 0.2) is 0 Å². The van der Waals surface area contributed by atoms with Crippen LogP contribution in [-0.4, -0.2) is 65.0 Å². The van der Waals surface area contributed by atoms with E-state index >= 15 is 0 Å². The van der Waals surface area contributed by atoms with Crippen LogP contribution in [0, 0.1) is 0 Å². The third-order valence-electron chi connectivity index (χ3n) is 6.43. The molecule has 3 aromatic rings. The average molecular weight is 445 g/mol. The van der Waals surface area contributed by atoms with Crippen LogP contribution in [0.15, 0.2) is 54.6 Å². The number of hydrogen-bond acceptors (Lipinski definition) is 5. The van der Waals surface area contributed by atoms with Crippen LogP contribution in [0.25, 0.3) is 0 Å². The largest absolute Gasteiger partial charge is 0.369 e. The highest BCUT2D eigenvalue weighted by Gasteiger charge is 2.29. The molecule has 2 aliphatic heterocycles. The van der Waals surface area contributed by atoms with Crippen LogP contribution in [0.1, 0.15) is 27.2 Å². The molecule has 1 fully saturated rings. The molecule has 0 atom stereocenters. The van der Waals surface area contributed by atoms with E-state index in [0.29, 0.717) is 30.9 Å². The fraction of sp³-hybridized carbons (Fsp3) is 0.320. The lowest BCUT2D eigenvalue weighted by atomic mass is 10.1. The van der Waals surface area contributed by atoms with Gasteiger partial charge in [0.05, 0.1) is 25.2 Å². The Morgan fingerprint density at radius 3 is 2.42 bits per heavy atom. The van der Waals surface area contributed by atoms with Crippen LogP contribution in [0.4, 0.5) is 11.5 Å². The Labute approximate surface area is 193 Å². The molecule has 0 saturated carbocycles. The molecule has 0 aliphatic carbocycles. The van der Waals surface area contributed by atoms with Gasteiger partial charge in [-0.1, -0.05) is 30.3 Å². The summed E-state index contributed by atoms with van der Waals surface area (Å²) < 4.78 is 0. The molecule has 1 saturated heterocycles. The van der Waals surface area contributed by atoms with Gasteiger partial charge in [-0.05, 0) is 36.9 Å². The number of anilines is 2. The molecule has 2 amide bonds. The number of rotatable bonds is 5. The van der Waals surface area contributed by atoms with Crippen molar-refractivity contribution < 1.29 is 9.59 Å². The number of fused-ring (bicyclic) bond motifs is 1. The second-order valence-corrected chi connectivity index (χ2v) is 8.73. The molecule has 0 unspecified atom stereocenters. The Morgan fingerprint density at radius 2 is 1.70 bits per heavy atom. The summed E-state index contributed by atoms with van der Waals surface area (Å²) >= 11 is 0. The summed E-state index contributed by atoms with van der Waals surface area (Å²) in [6.45, 7) is 4.95. The third kappa shape index (κ3) is 4.61. The molecule has 1 aromatic heterocycles. The van der Waals surface area contributed by atoms with Crippen molar-refractivity contribution in [3.63, 3.8) is 0 Å². The molecule has 0 spiro atoms. The first kappa shape index (κ1) is 21.2. The maximum atomic E-state index is 12.8. The van der Waals surface area contributed by atoms with Gasteiger partial charge in [-0.15, -0.1) is 0 Å². The lowest BCUT2D eigenvalue weighted by Crippen LogP contribution is -2.44. The van der Waals surface area contributed by atoms with Crippen LogP contribution >= 0.6 is 0 Å². The number of likely N-dealkylation sites (N-methyl/N-ethyl adjacent to an activating group) is 1. The van der Waals surface area contributed by atoms with Gasteiger partial charge in [0.25, 0.3) is 5.91 Å². The first-order valence-electron chi connectivity index (χ1n) is 11.3. The predicted molar refractivity (Wildman–Crippen MR) is 127 cm³/mol. The molecular formula is C25H28N6O2.